The number of aryl methyl sites for hydroxylation is 2. The molecule has 0 aliphatic heterocycles. The normalized spacial score (nSPS) is 10.8. The first kappa shape index (κ1) is 20.8. The summed E-state index contributed by atoms with van der Waals surface area (Å²) in [6.07, 6.45) is 0. The Hall–Kier alpha value is -2.90. The molecule has 0 radical (unpaired) electrons. The highest BCUT2D eigenvalue weighted by molar-refractivity contribution is 6.42. The summed E-state index contributed by atoms with van der Waals surface area (Å²) in [7, 11) is 0. The minimum absolute atomic E-state index is 0.0489. The smallest absolute Gasteiger partial charge is 0.406 e. The number of ether oxygens (including phenoxy) is 1. The first-order chi connectivity index (χ1) is 13.7. The standard InChI is InChI=1S/C20H17Cl2N3O4/c1-11-4-7-19(20(23-11)25(27)28)29-10-18(26)15-8-12(2)24(13(15)3)14-5-6-16(21)17(22)9-14/h4-9H,10H2,1-3H3. The zero-order chi connectivity index (χ0) is 21.3. The molecule has 0 bridgehead atoms. The summed E-state index contributed by atoms with van der Waals surface area (Å²) in [4.78, 5) is 27.1. The number of carbonyl (C=O) groups is 1. The van der Waals surface area contributed by atoms with Crippen LogP contribution < -0.4 is 4.74 Å². The number of carbonyl (C=O) groups excluding carboxylic acids is 1. The maximum Gasteiger partial charge on any atom is 0.406 e. The van der Waals surface area contributed by atoms with Crippen molar-refractivity contribution < 1.29 is 14.5 Å². The molecule has 0 aliphatic rings. The summed E-state index contributed by atoms with van der Waals surface area (Å²) in [5.74, 6) is -0.773. The van der Waals surface area contributed by atoms with Gasteiger partial charge < -0.3 is 19.4 Å². The Balaban J connectivity index is 1.86. The fraction of sp³-hybridized carbons (Fsp3) is 0.200. The van der Waals surface area contributed by atoms with Gasteiger partial charge in [-0.2, -0.15) is 0 Å². The third kappa shape index (κ3) is 4.26. The Morgan fingerprint density at radius 3 is 2.52 bits per heavy atom. The molecule has 0 amide bonds. The van der Waals surface area contributed by atoms with Crippen LogP contribution >= 0.6 is 23.2 Å². The quantitative estimate of drug-likeness (QED) is 0.300. The summed E-state index contributed by atoms with van der Waals surface area (Å²) in [6, 6.07) is 9.98. The van der Waals surface area contributed by atoms with E-state index in [9.17, 15) is 14.9 Å². The van der Waals surface area contributed by atoms with Crippen molar-refractivity contribution in [3.8, 4) is 11.4 Å². The van der Waals surface area contributed by atoms with Crippen LogP contribution in [0, 0.1) is 30.9 Å². The number of nitro groups is 1. The molecule has 0 atom stereocenters. The van der Waals surface area contributed by atoms with Crippen LogP contribution in [0.25, 0.3) is 5.69 Å². The predicted molar refractivity (Wildman–Crippen MR) is 111 cm³/mol. The van der Waals surface area contributed by atoms with Gasteiger partial charge in [-0.15, -0.1) is 0 Å². The Morgan fingerprint density at radius 1 is 1.14 bits per heavy atom. The summed E-state index contributed by atoms with van der Waals surface area (Å²) >= 11 is 12.1. The highest BCUT2D eigenvalue weighted by Crippen LogP contribution is 2.28. The van der Waals surface area contributed by atoms with Crippen LogP contribution in [0.5, 0.6) is 5.75 Å². The average Bonchev–Trinajstić information content (AvgIpc) is 2.97. The van der Waals surface area contributed by atoms with Crippen LogP contribution in [0.15, 0.2) is 36.4 Å². The summed E-state index contributed by atoms with van der Waals surface area (Å²) < 4.78 is 7.29. The van der Waals surface area contributed by atoms with Crippen LogP contribution in [0.3, 0.4) is 0 Å². The van der Waals surface area contributed by atoms with E-state index in [0.29, 0.717) is 27.0 Å². The molecule has 0 saturated carbocycles. The molecule has 0 saturated heterocycles. The zero-order valence-electron chi connectivity index (χ0n) is 15.9. The molecule has 0 aliphatic carbocycles. The van der Waals surface area contributed by atoms with Crippen LogP contribution in [-0.4, -0.2) is 26.9 Å². The molecule has 0 unspecified atom stereocenters. The van der Waals surface area contributed by atoms with Crippen LogP contribution in [0.1, 0.15) is 27.4 Å². The van der Waals surface area contributed by atoms with Crippen LogP contribution in [0.2, 0.25) is 10.0 Å². The van der Waals surface area contributed by atoms with Gasteiger partial charge in [0.25, 0.3) is 0 Å². The number of pyridine rings is 1. The number of Topliss-reactive ketones (excluding diaryl/α,β-unsaturated/α-hetero) is 1. The molecule has 0 spiro atoms. The lowest BCUT2D eigenvalue weighted by Gasteiger charge is -2.11. The molecule has 0 N–H and O–H groups in total. The number of aromatic nitrogens is 2. The molecule has 0 fully saturated rings. The largest absolute Gasteiger partial charge is 0.477 e. The Labute approximate surface area is 177 Å². The van der Waals surface area contributed by atoms with Crippen molar-refractivity contribution in [1.29, 1.82) is 0 Å². The van der Waals surface area contributed by atoms with Gasteiger partial charge in [0.2, 0.25) is 11.5 Å². The van der Waals surface area contributed by atoms with Gasteiger partial charge in [-0.05, 0) is 60.2 Å². The number of benzene rings is 1. The number of hydrogen-bond acceptors (Lipinski definition) is 5. The Morgan fingerprint density at radius 2 is 1.86 bits per heavy atom. The van der Waals surface area contributed by atoms with Gasteiger partial charge in [0.1, 0.15) is 5.69 Å². The van der Waals surface area contributed by atoms with E-state index in [4.69, 9.17) is 27.9 Å². The van der Waals surface area contributed by atoms with Crippen molar-refractivity contribution in [2.75, 3.05) is 6.61 Å². The van der Waals surface area contributed by atoms with Crippen molar-refractivity contribution in [3.05, 3.63) is 79.2 Å². The van der Waals surface area contributed by atoms with Crippen molar-refractivity contribution in [2.24, 2.45) is 0 Å². The molecule has 3 rings (SSSR count). The van der Waals surface area contributed by atoms with Gasteiger partial charge in [-0.1, -0.05) is 23.2 Å². The fourth-order valence-electron chi connectivity index (χ4n) is 3.06. The second-order valence-electron chi connectivity index (χ2n) is 6.46. The van der Waals surface area contributed by atoms with E-state index in [1.54, 1.807) is 44.2 Å². The van der Waals surface area contributed by atoms with Crippen molar-refractivity contribution in [1.82, 2.24) is 9.55 Å². The first-order valence-electron chi connectivity index (χ1n) is 8.61. The highest BCUT2D eigenvalue weighted by Gasteiger charge is 2.21. The van der Waals surface area contributed by atoms with Crippen LogP contribution in [0.4, 0.5) is 5.82 Å². The van der Waals surface area contributed by atoms with E-state index in [0.717, 1.165) is 11.4 Å². The second kappa shape index (κ2) is 8.23. The van der Waals surface area contributed by atoms with Gasteiger partial charge in [-0.25, -0.2) is 0 Å². The lowest BCUT2D eigenvalue weighted by Crippen LogP contribution is -2.14. The average molecular weight is 434 g/mol. The lowest BCUT2D eigenvalue weighted by atomic mass is 10.1. The van der Waals surface area contributed by atoms with Crippen molar-refractivity contribution in [3.63, 3.8) is 0 Å². The molecule has 150 valence electrons. The van der Waals surface area contributed by atoms with Gasteiger partial charge in [-0.3, -0.25) is 4.79 Å². The van der Waals surface area contributed by atoms with Crippen molar-refractivity contribution in [2.45, 2.75) is 20.8 Å². The van der Waals surface area contributed by atoms with E-state index in [1.807, 2.05) is 11.5 Å². The Bertz CT molecular complexity index is 1130. The Kier molecular flexibility index (Phi) is 5.91. The van der Waals surface area contributed by atoms with Gasteiger partial charge >= 0.3 is 5.82 Å². The van der Waals surface area contributed by atoms with E-state index in [-0.39, 0.29) is 18.1 Å². The maximum absolute atomic E-state index is 12.7. The highest BCUT2D eigenvalue weighted by atomic mass is 35.5. The van der Waals surface area contributed by atoms with E-state index in [2.05, 4.69) is 4.98 Å². The summed E-state index contributed by atoms with van der Waals surface area (Å²) in [5.41, 5.74) is 3.24. The minimum atomic E-state index is -0.636. The molecule has 7 nitrogen and oxygen atoms in total. The third-order valence-electron chi connectivity index (χ3n) is 4.40. The van der Waals surface area contributed by atoms with E-state index in [1.165, 1.54) is 6.07 Å². The second-order valence-corrected chi connectivity index (χ2v) is 7.28. The van der Waals surface area contributed by atoms with Gasteiger partial charge in [0, 0.05) is 29.6 Å². The number of hydrogen-bond donors (Lipinski definition) is 0. The molecule has 2 heterocycles. The number of halogens is 2. The number of rotatable bonds is 6. The zero-order valence-corrected chi connectivity index (χ0v) is 17.4. The van der Waals surface area contributed by atoms with E-state index < -0.39 is 10.7 Å². The third-order valence-corrected chi connectivity index (χ3v) is 5.14. The van der Waals surface area contributed by atoms with Gasteiger partial charge in [0.15, 0.2) is 6.61 Å². The molecular formula is C20H17Cl2N3O4. The lowest BCUT2D eigenvalue weighted by molar-refractivity contribution is -0.390. The molecule has 29 heavy (non-hydrogen) atoms. The van der Waals surface area contributed by atoms with Crippen LogP contribution in [-0.2, 0) is 0 Å². The molecular weight excluding hydrogens is 417 g/mol. The maximum atomic E-state index is 12.7. The minimum Gasteiger partial charge on any atom is -0.477 e. The molecule has 2 aromatic heterocycles. The number of ketones is 1. The first-order valence-corrected chi connectivity index (χ1v) is 9.37. The van der Waals surface area contributed by atoms with Gasteiger partial charge in [0.05, 0.1) is 10.0 Å². The fourth-order valence-corrected chi connectivity index (χ4v) is 3.35. The summed E-state index contributed by atoms with van der Waals surface area (Å²) in [5, 5.41) is 12.0. The molecule has 9 heteroatoms. The predicted octanol–water partition coefficient (Wildman–Crippen LogP) is 5.27. The SMILES string of the molecule is Cc1ccc(OCC(=O)c2cc(C)n(-c3ccc(Cl)c(Cl)c3)c2C)c([N+](=O)[O-])n1. The summed E-state index contributed by atoms with van der Waals surface area (Å²) in [6.45, 7) is 4.96. The van der Waals surface area contributed by atoms with E-state index >= 15 is 0 Å². The molecule has 1 aromatic carbocycles. The topological polar surface area (TPSA) is 87.3 Å². The number of nitrogens with zero attached hydrogens (tertiary/aromatic N) is 3. The monoisotopic (exact) mass is 433 g/mol. The van der Waals surface area contributed by atoms with Crippen molar-refractivity contribution >= 4 is 34.8 Å². The molecule has 3 aromatic rings.